The maximum Gasteiger partial charge on any atom is 0.238 e. The molecule has 7 nitrogen and oxygen atoms in total. The highest BCUT2D eigenvalue weighted by Crippen LogP contribution is 2.58. The number of hydrogen-bond acceptors (Lipinski definition) is 6. The molecule has 0 unspecified atom stereocenters. The molecule has 1 saturated heterocycles. The first-order valence-electron chi connectivity index (χ1n) is 13.2. The topological polar surface area (TPSA) is 88.9 Å². The summed E-state index contributed by atoms with van der Waals surface area (Å²) >= 11 is 0. The molecule has 0 aliphatic carbocycles. The van der Waals surface area contributed by atoms with Gasteiger partial charge in [-0.15, -0.1) is 0 Å². The molecule has 198 valence electrons. The first kappa shape index (κ1) is 24.2. The number of fused-ring (bicyclic) bond motifs is 6. The monoisotopic (exact) mass is 530 g/mol. The molecule has 4 aromatic rings. The SMILES string of the molecule is COc1cccc(C(=O)[C@H]2[C@@H](C(=O)c3ccco3)[C@@]3(C(=O)Nc4ccccc43)[C@H]3C=C(C)c4ccccc4N23)c1. The van der Waals surface area contributed by atoms with Gasteiger partial charge in [0.2, 0.25) is 11.7 Å². The van der Waals surface area contributed by atoms with E-state index in [-0.39, 0.29) is 17.5 Å². The number of ether oxygens (including phenoxy) is 1. The molecule has 3 aromatic carbocycles. The molecule has 0 saturated carbocycles. The van der Waals surface area contributed by atoms with Crippen molar-refractivity contribution >= 4 is 34.4 Å². The van der Waals surface area contributed by atoms with Gasteiger partial charge in [-0.25, -0.2) is 0 Å². The molecule has 3 aliphatic heterocycles. The van der Waals surface area contributed by atoms with Gasteiger partial charge in [-0.1, -0.05) is 54.6 Å². The summed E-state index contributed by atoms with van der Waals surface area (Å²) in [6, 6.07) is 23.8. The number of furan rings is 1. The maximum absolute atomic E-state index is 14.7. The Hall–Kier alpha value is -4.91. The minimum atomic E-state index is -1.38. The number of carbonyl (C=O) groups excluding carboxylic acids is 3. The molecule has 1 amide bonds. The summed E-state index contributed by atoms with van der Waals surface area (Å²) in [6.45, 7) is 2.00. The van der Waals surface area contributed by atoms with E-state index >= 15 is 0 Å². The first-order valence-corrected chi connectivity index (χ1v) is 13.2. The van der Waals surface area contributed by atoms with Crippen LogP contribution in [0.25, 0.3) is 5.57 Å². The molecular formula is C33H26N2O5. The van der Waals surface area contributed by atoms with Crippen molar-refractivity contribution in [1.82, 2.24) is 0 Å². The van der Waals surface area contributed by atoms with E-state index in [1.807, 2.05) is 66.4 Å². The second-order valence-electron chi connectivity index (χ2n) is 10.4. The van der Waals surface area contributed by atoms with Crippen molar-refractivity contribution < 1.29 is 23.5 Å². The molecule has 4 heterocycles. The van der Waals surface area contributed by atoms with Gasteiger partial charge < -0.3 is 19.4 Å². The number of nitrogens with zero attached hydrogens (tertiary/aromatic N) is 1. The molecule has 1 fully saturated rings. The van der Waals surface area contributed by atoms with Gasteiger partial charge in [-0.2, -0.15) is 0 Å². The Balaban J connectivity index is 1.55. The van der Waals surface area contributed by atoms with Crippen molar-refractivity contribution in [2.45, 2.75) is 24.4 Å². The van der Waals surface area contributed by atoms with Crippen molar-refractivity contribution in [1.29, 1.82) is 0 Å². The molecule has 1 aromatic heterocycles. The highest BCUT2D eigenvalue weighted by Gasteiger charge is 2.70. The van der Waals surface area contributed by atoms with Crippen molar-refractivity contribution in [2.24, 2.45) is 5.92 Å². The van der Waals surface area contributed by atoms with E-state index in [2.05, 4.69) is 5.32 Å². The van der Waals surface area contributed by atoms with E-state index in [9.17, 15) is 14.4 Å². The molecular weight excluding hydrogens is 504 g/mol. The highest BCUT2D eigenvalue weighted by molar-refractivity contribution is 6.18. The molecule has 4 atom stereocenters. The van der Waals surface area contributed by atoms with Gasteiger partial charge in [0.1, 0.15) is 17.2 Å². The second-order valence-corrected chi connectivity index (χ2v) is 10.4. The molecule has 3 aliphatic rings. The summed E-state index contributed by atoms with van der Waals surface area (Å²) < 4.78 is 11.0. The number of para-hydroxylation sites is 2. The van der Waals surface area contributed by atoms with Crippen LogP contribution in [-0.2, 0) is 10.2 Å². The fourth-order valence-corrected chi connectivity index (χ4v) is 6.91. The van der Waals surface area contributed by atoms with Gasteiger partial charge in [0.15, 0.2) is 11.5 Å². The molecule has 7 rings (SSSR count). The number of carbonyl (C=O) groups is 3. The summed E-state index contributed by atoms with van der Waals surface area (Å²) in [5.74, 6) is -1.41. The maximum atomic E-state index is 14.7. The summed E-state index contributed by atoms with van der Waals surface area (Å²) in [5, 5.41) is 3.04. The number of ketones is 2. The number of benzene rings is 3. The van der Waals surface area contributed by atoms with Crippen LogP contribution in [0.2, 0.25) is 0 Å². The minimum Gasteiger partial charge on any atom is -0.497 e. The molecule has 0 bridgehead atoms. The molecule has 1 N–H and O–H groups in total. The number of hydrogen-bond donors (Lipinski definition) is 1. The largest absolute Gasteiger partial charge is 0.497 e. The third-order valence-corrected chi connectivity index (χ3v) is 8.55. The average molecular weight is 531 g/mol. The average Bonchev–Trinajstić information content (AvgIpc) is 3.70. The van der Waals surface area contributed by atoms with Gasteiger partial charge in [-0.05, 0) is 54.5 Å². The van der Waals surface area contributed by atoms with E-state index in [1.54, 1.807) is 43.5 Å². The van der Waals surface area contributed by atoms with Crippen LogP contribution in [0.4, 0.5) is 11.4 Å². The predicted molar refractivity (Wildman–Crippen MR) is 151 cm³/mol. The molecule has 0 radical (unpaired) electrons. The van der Waals surface area contributed by atoms with Crippen LogP contribution in [0.15, 0.2) is 102 Å². The third kappa shape index (κ3) is 3.14. The Morgan fingerprint density at radius 3 is 2.55 bits per heavy atom. The zero-order chi connectivity index (χ0) is 27.6. The van der Waals surface area contributed by atoms with Gasteiger partial charge in [0, 0.05) is 22.5 Å². The number of nitrogens with one attached hydrogen (secondary N) is 1. The van der Waals surface area contributed by atoms with E-state index in [4.69, 9.17) is 9.15 Å². The lowest BCUT2D eigenvalue weighted by Crippen LogP contribution is -2.51. The van der Waals surface area contributed by atoms with Crippen molar-refractivity contribution in [2.75, 3.05) is 17.3 Å². The lowest BCUT2D eigenvalue weighted by Gasteiger charge is -2.39. The Bertz CT molecular complexity index is 1720. The minimum absolute atomic E-state index is 0.110. The van der Waals surface area contributed by atoms with Gasteiger partial charge in [-0.3, -0.25) is 14.4 Å². The normalized spacial score (nSPS) is 24.1. The first-order chi connectivity index (χ1) is 19.5. The van der Waals surface area contributed by atoms with E-state index in [1.165, 1.54) is 6.26 Å². The van der Waals surface area contributed by atoms with Crippen LogP contribution in [0.3, 0.4) is 0 Å². The smallest absolute Gasteiger partial charge is 0.238 e. The van der Waals surface area contributed by atoms with Crippen molar-refractivity contribution in [3.8, 4) is 5.75 Å². The van der Waals surface area contributed by atoms with Gasteiger partial charge >= 0.3 is 0 Å². The van der Waals surface area contributed by atoms with Crippen LogP contribution in [0.1, 0.15) is 39.0 Å². The zero-order valence-corrected chi connectivity index (χ0v) is 22.0. The fraction of sp³-hybridized carbons (Fsp3) is 0.182. The number of methoxy groups -OCH3 is 1. The second kappa shape index (κ2) is 8.81. The lowest BCUT2D eigenvalue weighted by atomic mass is 9.64. The number of amides is 1. The third-order valence-electron chi connectivity index (χ3n) is 8.55. The summed E-state index contributed by atoms with van der Waals surface area (Å²) in [6.07, 6.45) is 3.47. The van der Waals surface area contributed by atoms with Gasteiger partial charge in [0.05, 0.1) is 25.3 Å². The lowest BCUT2D eigenvalue weighted by molar-refractivity contribution is -0.121. The predicted octanol–water partition coefficient (Wildman–Crippen LogP) is 5.53. The Labute approximate surface area is 231 Å². The summed E-state index contributed by atoms with van der Waals surface area (Å²) in [4.78, 5) is 45.5. The van der Waals surface area contributed by atoms with E-state index in [0.29, 0.717) is 22.6 Å². The number of rotatable bonds is 5. The van der Waals surface area contributed by atoms with Crippen molar-refractivity contribution in [3.05, 3.63) is 120 Å². The number of anilines is 2. The Morgan fingerprint density at radius 1 is 0.950 bits per heavy atom. The van der Waals surface area contributed by atoms with Crippen LogP contribution in [-0.4, -0.2) is 36.7 Å². The molecule has 7 heteroatoms. The fourth-order valence-electron chi connectivity index (χ4n) is 6.91. The Kier molecular flexibility index (Phi) is 5.32. The van der Waals surface area contributed by atoms with Crippen LogP contribution >= 0.6 is 0 Å². The van der Waals surface area contributed by atoms with Gasteiger partial charge in [0.25, 0.3) is 0 Å². The van der Waals surface area contributed by atoms with E-state index < -0.39 is 29.2 Å². The summed E-state index contributed by atoms with van der Waals surface area (Å²) in [5.41, 5.74) is 3.09. The number of allylic oxidation sites excluding steroid dienone is 1. The summed E-state index contributed by atoms with van der Waals surface area (Å²) in [7, 11) is 1.54. The molecule has 40 heavy (non-hydrogen) atoms. The standard InChI is InChI=1S/C33H26N2O5/c1-19-17-27-33(23-12-4-5-13-24(23)34-32(33)38)28(31(37)26-15-8-16-40-26)29(35(27)25-14-6-3-11-22(19)25)30(36)20-9-7-10-21(18-20)39-2/h3-18,27-29H,1-2H3,(H,34,38)/t27-,28+,29-,33+/m1/s1. The molecule has 1 spiro atoms. The quantitative estimate of drug-likeness (QED) is 0.341. The number of Topliss-reactive ketones (excluding diaryl/α,β-unsaturated/α-hetero) is 2. The van der Waals surface area contributed by atoms with Crippen LogP contribution in [0, 0.1) is 5.92 Å². The van der Waals surface area contributed by atoms with E-state index in [0.717, 1.165) is 16.8 Å². The van der Waals surface area contributed by atoms with Crippen LogP contribution in [0.5, 0.6) is 5.75 Å². The highest BCUT2D eigenvalue weighted by atomic mass is 16.5. The Morgan fingerprint density at radius 2 is 1.75 bits per heavy atom. The van der Waals surface area contributed by atoms with Crippen molar-refractivity contribution in [3.63, 3.8) is 0 Å². The zero-order valence-electron chi connectivity index (χ0n) is 22.0. The van der Waals surface area contributed by atoms with Crippen LogP contribution < -0.4 is 15.0 Å².